The fraction of sp³-hybridized carbons (Fsp3) is 0.385. The lowest BCUT2D eigenvalue weighted by atomic mass is 9.91. The summed E-state index contributed by atoms with van der Waals surface area (Å²) in [5, 5.41) is 10.1. The van der Waals surface area contributed by atoms with E-state index in [2.05, 4.69) is 30.8 Å². The molecule has 1 aliphatic rings. The standard InChI is InChI=1S/C13H14BrN3O/c1-2-13(18)7-17(8-13)11-3-4-15-10-5-9(14)6-16-12(10)11/h3-6,18H,2,7-8H2,1H3. The van der Waals surface area contributed by atoms with Crippen LogP contribution in [0.4, 0.5) is 5.69 Å². The van der Waals surface area contributed by atoms with Crippen molar-refractivity contribution in [3.8, 4) is 0 Å². The Bertz CT molecular complexity index is 596. The van der Waals surface area contributed by atoms with Gasteiger partial charge in [-0.05, 0) is 34.5 Å². The maximum absolute atomic E-state index is 10.1. The van der Waals surface area contributed by atoms with Crippen molar-refractivity contribution >= 4 is 32.7 Å². The largest absolute Gasteiger partial charge is 0.386 e. The number of hydrogen-bond donors (Lipinski definition) is 1. The highest BCUT2D eigenvalue weighted by molar-refractivity contribution is 9.10. The lowest BCUT2D eigenvalue weighted by molar-refractivity contribution is 0.00867. The summed E-state index contributed by atoms with van der Waals surface area (Å²) in [4.78, 5) is 10.9. The van der Waals surface area contributed by atoms with Crippen LogP contribution in [-0.4, -0.2) is 33.8 Å². The normalized spacial score (nSPS) is 17.8. The van der Waals surface area contributed by atoms with Gasteiger partial charge < -0.3 is 10.0 Å². The quantitative estimate of drug-likeness (QED) is 0.925. The molecule has 0 atom stereocenters. The fourth-order valence-corrected chi connectivity index (χ4v) is 2.62. The van der Waals surface area contributed by atoms with Gasteiger partial charge in [-0.2, -0.15) is 0 Å². The van der Waals surface area contributed by atoms with Crippen molar-refractivity contribution in [3.63, 3.8) is 0 Å². The van der Waals surface area contributed by atoms with E-state index in [9.17, 15) is 5.11 Å². The molecule has 0 spiro atoms. The van der Waals surface area contributed by atoms with E-state index >= 15 is 0 Å². The molecule has 0 aliphatic carbocycles. The van der Waals surface area contributed by atoms with Gasteiger partial charge in [0.25, 0.3) is 0 Å². The molecule has 3 heterocycles. The highest BCUT2D eigenvalue weighted by Gasteiger charge is 2.40. The molecule has 2 aromatic heterocycles. The first kappa shape index (κ1) is 11.9. The third-order valence-corrected chi connectivity index (χ3v) is 3.93. The van der Waals surface area contributed by atoms with Crippen LogP contribution in [0.1, 0.15) is 13.3 Å². The van der Waals surface area contributed by atoms with Crippen molar-refractivity contribution in [2.45, 2.75) is 18.9 Å². The van der Waals surface area contributed by atoms with Gasteiger partial charge in [0.15, 0.2) is 0 Å². The van der Waals surface area contributed by atoms with Crippen LogP contribution in [0.2, 0.25) is 0 Å². The molecule has 4 nitrogen and oxygen atoms in total. The summed E-state index contributed by atoms with van der Waals surface area (Å²) < 4.78 is 0.924. The summed E-state index contributed by atoms with van der Waals surface area (Å²) in [5.74, 6) is 0. The number of pyridine rings is 2. The second kappa shape index (κ2) is 4.17. The fourth-order valence-electron chi connectivity index (χ4n) is 2.30. The molecule has 18 heavy (non-hydrogen) atoms. The van der Waals surface area contributed by atoms with Crippen LogP contribution in [0, 0.1) is 0 Å². The Labute approximate surface area is 114 Å². The first-order chi connectivity index (χ1) is 8.61. The molecule has 0 unspecified atom stereocenters. The minimum absolute atomic E-state index is 0.537. The number of aliphatic hydroxyl groups is 1. The molecule has 3 rings (SSSR count). The van der Waals surface area contributed by atoms with Crippen LogP contribution < -0.4 is 4.90 Å². The van der Waals surface area contributed by atoms with Crippen molar-refractivity contribution in [1.29, 1.82) is 0 Å². The van der Waals surface area contributed by atoms with Crippen molar-refractivity contribution in [3.05, 3.63) is 29.0 Å². The minimum Gasteiger partial charge on any atom is -0.386 e. The van der Waals surface area contributed by atoms with Gasteiger partial charge in [0.1, 0.15) is 5.52 Å². The molecule has 0 amide bonds. The zero-order chi connectivity index (χ0) is 12.8. The van der Waals surface area contributed by atoms with E-state index in [1.54, 1.807) is 12.4 Å². The molecular weight excluding hydrogens is 294 g/mol. The van der Waals surface area contributed by atoms with Crippen molar-refractivity contribution in [2.75, 3.05) is 18.0 Å². The predicted octanol–water partition coefficient (Wildman–Crippen LogP) is 2.35. The summed E-state index contributed by atoms with van der Waals surface area (Å²) in [6, 6.07) is 3.91. The van der Waals surface area contributed by atoms with Gasteiger partial charge in [-0.3, -0.25) is 9.97 Å². The molecule has 1 aliphatic heterocycles. The number of nitrogens with zero attached hydrogens (tertiary/aromatic N) is 3. The predicted molar refractivity (Wildman–Crippen MR) is 74.7 cm³/mol. The van der Waals surface area contributed by atoms with E-state index in [0.717, 1.165) is 27.6 Å². The lowest BCUT2D eigenvalue weighted by Gasteiger charge is -2.47. The SMILES string of the molecule is CCC1(O)CN(c2ccnc3cc(Br)cnc23)C1. The van der Waals surface area contributed by atoms with E-state index in [1.807, 2.05) is 19.1 Å². The van der Waals surface area contributed by atoms with Gasteiger partial charge in [-0.1, -0.05) is 6.92 Å². The Hall–Kier alpha value is -1.20. The summed E-state index contributed by atoms with van der Waals surface area (Å²) in [6.45, 7) is 3.35. The van der Waals surface area contributed by atoms with Gasteiger partial charge >= 0.3 is 0 Å². The van der Waals surface area contributed by atoms with E-state index in [-0.39, 0.29) is 0 Å². The molecule has 0 saturated carbocycles. The number of halogens is 1. The van der Waals surface area contributed by atoms with Crippen LogP contribution in [0.15, 0.2) is 29.0 Å². The smallest absolute Gasteiger partial charge is 0.112 e. The maximum atomic E-state index is 10.1. The van der Waals surface area contributed by atoms with Crippen molar-refractivity contribution in [2.24, 2.45) is 0 Å². The first-order valence-electron chi connectivity index (χ1n) is 5.99. The van der Waals surface area contributed by atoms with Crippen LogP contribution in [0.25, 0.3) is 11.0 Å². The zero-order valence-corrected chi connectivity index (χ0v) is 11.7. The Morgan fingerprint density at radius 2 is 2.22 bits per heavy atom. The number of fused-ring (bicyclic) bond motifs is 1. The van der Waals surface area contributed by atoms with Crippen LogP contribution in [0.3, 0.4) is 0 Å². The van der Waals surface area contributed by atoms with Gasteiger partial charge in [-0.25, -0.2) is 0 Å². The van der Waals surface area contributed by atoms with Gasteiger partial charge in [0.05, 0.1) is 16.8 Å². The van der Waals surface area contributed by atoms with Crippen LogP contribution in [0.5, 0.6) is 0 Å². The van der Waals surface area contributed by atoms with Crippen molar-refractivity contribution in [1.82, 2.24) is 9.97 Å². The number of β-amino-alcohol motifs (C(OH)–C–C–N with tert-alkyl or cyclic N) is 1. The summed E-state index contributed by atoms with van der Waals surface area (Å²) in [6.07, 6.45) is 4.35. The molecule has 0 radical (unpaired) electrons. The van der Waals surface area contributed by atoms with Crippen LogP contribution in [-0.2, 0) is 0 Å². The molecule has 1 saturated heterocycles. The second-order valence-electron chi connectivity index (χ2n) is 4.79. The highest BCUT2D eigenvalue weighted by Crippen LogP contribution is 2.33. The third kappa shape index (κ3) is 1.87. The molecule has 94 valence electrons. The highest BCUT2D eigenvalue weighted by atomic mass is 79.9. The molecule has 2 aromatic rings. The van der Waals surface area contributed by atoms with Crippen molar-refractivity contribution < 1.29 is 5.11 Å². The number of hydrogen-bond acceptors (Lipinski definition) is 4. The molecular formula is C13H14BrN3O. The summed E-state index contributed by atoms with van der Waals surface area (Å²) in [7, 11) is 0. The number of aromatic nitrogens is 2. The number of anilines is 1. The average Bonchev–Trinajstić information content (AvgIpc) is 2.34. The summed E-state index contributed by atoms with van der Waals surface area (Å²) in [5.41, 5.74) is 2.27. The molecule has 5 heteroatoms. The maximum Gasteiger partial charge on any atom is 0.112 e. The molecule has 0 bridgehead atoms. The van der Waals surface area contributed by atoms with Gasteiger partial charge in [0, 0.05) is 30.0 Å². The first-order valence-corrected chi connectivity index (χ1v) is 6.78. The van der Waals surface area contributed by atoms with E-state index in [1.165, 1.54) is 0 Å². The third-order valence-electron chi connectivity index (χ3n) is 3.49. The summed E-state index contributed by atoms with van der Waals surface area (Å²) >= 11 is 3.40. The van der Waals surface area contributed by atoms with E-state index in [0.29, 0.717) is 13.1 Å². The molecule has 1 N–H and O–H groups in total. The number of rotatable bonds is 2. The van der Waals surface area contributed by atoms with E-state index < -0.39 is 5.60 Å². The molecule has 0 aromatic carbocycles. The second-order valence-corrected chi connectivity index (χ2v) is 5.70. The average molecular weight is 308 g/mol. The van der Waals surface area contributed by atoms with E-state index in [4.69, 9.17) is 0 Å². The Balaban J connectivity index is 1.99. The topological polar surface area (TPSA) is 49.2 Å². The Kier molecular flexibility index (Phi) is 2.75. The molecule has 1 fully saturated rings. The van der Waals surface area contributed by atoms with Gasteiger partial charge in [-0.15, -0.1) is 0 Å². The monoisotopic (exact) mass is 307 g/mol. The zero-order valence-electron chi connectivity index (χ0n) is 10.1. The Morgan fingerprint density at radius 3 is 2.94 bits per heavy atom. The Morgan fingerprint density at radius 1 is 1.44 bits per heavy atom. The van der Waals surface area contributed by atoms with Gasteiger partial charge in [0.2, 0.25) is 0 Å². The van der Waals surface area contributed by atoms with Crippen LogP contribution >= 0.6 is 15.9 Å². The lowest BCUT2D eigenvalue weighted by Crippen LogP contribution is -2.61. The minimum atomic E-state index is -0.537.